The minimum Gasteiger partial charge on any atom is -0.492 e. The Hall–Kier alpha value is -1.89. The van der Waals surface area contributed by atoms with Crippen molar-refractivity contribution in [3.63, 3.8) is 0 Å². The molecule has 9 heteroatoms. The normalized spacial score (nSPS) is 12.6. The number of nitrogen functional groups attached to an aromatic ring is 1. The van der Waals surface area contributed by atoms with Gasteiger partial charge in [-0.1, -0.05) is 37.7 Å². The first-order chi connectivity index (χ1) is 13.5. The Bertz CT molecular complexity index is 934. The Labute approximate surface area is 171 Å². The number of para-hydroxylation sites is 1. The number of aromatic nitrogens is 4. The van der Waals surface area contributed by atoms with Crippen LogP contribution in [-0.4, -0.2) is 38.6 Å². The zero-order valence-corrected chi connectivity index (χ0v) is 18.3. The fraction of sp³-hybridized carbons (Fsp3) is 0.421. The molecule has 3 aromatic rings. The molecule has 0 aliphatic heterocycles. The van der Waals surface area contributed by atoms with Crippen LogP contribution < -0.4 is 10.5 Å². The summed E-state index contributed by atoms with van der Waals surface area (Å²) in [5.41, 5.74) is 7.41. The van der Waals surface area contributed by atoms with E-state index in [1.807, 2.05) is 35.8 Å². The summed E-state index contributed by atoms with van der Waals surface area (Å²) in [6.07, 6.45) is 2.37. The zero-order valence-electron chi connectivity index (χ0n) is 16.3. The maximum absolute atomic E-state index is 5.99. The molecule has 2 N–H and O–H groups in total. The third kappa shape index (κ3) is 5.13. The Kier molecular flexibility index (Phi) is 7.10. The summed E-state index contributed by atoms with van der Waals surface area (Å²) in [6, 6.07) is 7.92. The van der Waals surface area contributed by atoms with Crippen LogP contribution in [0, 0.1) is 5.92 Å². The molecule has 2 heterocycles. The molecule has 0 aliphatic carbocycles. The first-order valence-corrected chi connectivity index (χ1v) is 10.8. The lowest BCUT2D eigenvalue weighted by Crippen LogP contribution is -2.15. The van der Waals surface area contributed by atoms with Gasteiger partial charge in [0.25, 0.3) is 0 Å². The van der Waals surface area contributed by atoms with Crippen LogP contribution in [0.3, 0.4) is 0 Å². The molecule has 0 spiro atoms. The van der Waals surface area contributed by atoms with Gasteiger partial charge in [0.2, 0.25) is 5.95 Å². The molecule has 2 atom stereocenters. The Morgan fingerprint density at radius 2 is 2.00 bits per heavy atom. The third-order valence-electron chi connectivity index (χ3n) is 3.91. The maximum Gasteiger partial charge on any atom is 0.223 e. The van der Waals surface area contributed by atoms with E-state index in [2.05, 4.69) is 38.0 Å². The number of benzene rings is 1. The van der Waals surface area contributed by atoms with Crippen LogP contribution >= 0.6 is 21.0 Å². The van der Waals surface area contributed by atoms with Gasteiger partial charge < -0.3 is 19.8 Å². The summed E-state index contributed by atoms with van der Waals surface area (Å²) in [5, 5.41) is 0.710. The van der Waals surface area contributed by atoms with Crippen LogP contribution in [0.5, 0.6) is 5.75 Å². The number of ether oxygens (including phenoxy) is 2. The number of nitrogens with zero attached hydrogens (tertiary/aromatic N) is 4. The van der Waals surface area contributed by atoms with Crippen molar-refractivity contribution in [1.82, 2.24) is 19.5 Å². The Morgan fingerprint density at radius 3 is 2.75 bits per heavy atom. The van der Waals surface area contributed by atoms with Crippen LogP contribution in [0.1, 0.15) is 20.8 Å². The van der Waals surface area contributed by atoms with E-state index in [1.165, 1.54) is 11.8 Å². The second-order valence-corrected chi connectivity index (χ2v) is 8.22. The highest BCUT2D eigenvalue weighted by Gasteiger charge is 2.16. The molecular formula is C19H26N5O2PS. The van der Waals surface area contributed by atoms with Gasteiger partial charge in [0.05, 0.1) is 36.8 Å². The van der Waals surface area contributed by atoms with E-state index in [9.17, 15) is 0 Å². The van der Waals surface area contributed by atoms with Crippen LogP contribution in [-0.2, 0) is 11.3 Å². The van der Waals surface area contributed by atoms with E-state index < -0.39 is 0 Å². The summed E-state index contributed by atoms with van der Waals surface area (Å²) in [7, 11) is 2.56. The molecule has 1 aromatic carbocycles. The number of hydrogen-bond donors (Lipinski definition) is 1. The molecular weight excluding hydrogens is 393 g/mol. The highest BCUT2D eigenvalue weighted by Crippen LogP contribution is 2.37. The average Bonchev–Trinajstić information content (AvgIpc) is 3.04. The lowest BCUT2D eigenvalue weighted by Gasteiger charge is -2.13. The van der Waals surface area contributed by atoms with Gasteiger partial charge in [-0.3, -0.25) is 0 Å². The standard InChI is InChI=1S/C19H26N5O2PS/c1-12(2)9-25-14-6-4-5-7-15(14)28-18-16-17(22-19(20)23-18)24(10-21-16)8-13(3)26-11-27/h4-7,10,12-13H,8-9,11,27H2,1-3H3,(H2,20,22,23). The van der Waals surface area contributed by atoms with Crippen molar-refractivity contribution in [2.45, 2.75) is 43.3 Å². The largest absolute Gasteiger partial charge is 0.492 e. The van der Waals surface area contributed by atoms with Gasteiger partial charge >= 0.3 is 0 Å². The lowest BCUT2D eigenvalue weighted by molar-refractivity contribution is 0.0912. The SMILES string of the molecule is CC(C)COc1ccccc1Sc1nc(N)nc2c1ncn2CC(C)OCP. The summed E-state index contributed by atoms with van der Waals surface area (Å²) in [5.74, 6) is 1.49. The fourth-order valence-corrected chi connectivity index (χ4v) is 3.94. The molecule has 28 heavy (non-hydrogen) atoms. The van der Waals surface area contributed by atoms with Gasteiger partial charge in [0, 0.05) is 0 Å². The molecule has 0 bridgehead atoms. The number of rotatable bonds is 9. The number of fused-ring (bicyclic) bond motifs is 1. The van der Waals surface area contributed by atoms with Crippen molar-refractivity contribution in [3.05, 3.63) is 30.6 Å². The molecule has 150 valence electrons. The summed E-state index contributed by atoms with van der Waals surface area (Å²) >= 11 is 1.49. The van der Waals surface area contributed by atoms with E-state index in [0.717, 1.165) is 16.2 Å². The second kappa shape index (κ2) is 9.54. The van der Waals surface area contributed by atoms with Crippen LogP contribution in [0.25, 0.3) is 11.2 Å². The van der Waals surface area contributed by atoms with Gasteiger partial charge in [-0.05, 0) is 25.0 Å². The molecule has 0 aliphatic rings. The highest BCUT2D eigenvalue weighted by molar-refractivity contribution is 7.99. The molecule has 0 saturated carbocycles. The molecule has 2 aromatic heterocycles. The Balaban J connectivity index is 1.91. The zero-order chi connectivity index (χ0) is 20.1. The van der Waals surface area contributed by atoms with Crippen LogP contribution in [0.2, 0.25) is 0 Å². The topological polar surface area (TPSA) is 88.1 Å². The van der Waals surface area contributed by atoms with Crippen molar-refractivity contribution in [2.24, 2.45) is 5.92 Å². The van der Waals surface area contributed by atoms with Crippen LogP contribution in [0.15, 0.2) is 40.5 Å². The Morgan fingerprint density at radius 1 is 1.21 bits per heavy atom. The minimum absolute atomic E-state index is 0.0346. The molecule has 2 unspecified atom stereocenters. The minimum atomic E-state index is 0.0346. The molecule has 0 amide bonds. The molecule has 0 fully saturated rings. The van der Waals surface area contributed by atoms with Crippen molar-refractivity contribution in [3.8, 4) is 5.75 Å². The van der Waals surface area contributed by atoms with Crippen molar-refractivity contribution < 1.29 is 9.47 Å². The van der Waals surface area contributed by atoms with E-state index in [1.54, 1.807) is 6.33 Å². The van der Waals surface area contributed by atoms with E-state index in [-0.39, 0.29) is 12.1 Å². The van der Waals surface area contributed by atoms with Gasteiger partial charge in [-0.25, -0.2) is 9.97 Å². The second-order valence-electron chi connectivity index (χ2n) is 6.85. The smallest absolute Gasteiger partial charge is 0.223 e. The first-order valence-electron chi connectivity index (χ1n) is 9.17. The lowest BCUT2D eigenvalue weighted by atomic mass is 10.2. The van der Waals surface area contributed by atoms with E-state index in [0.29, 0.717) is 36.1 Å². The predicted octanol–water partition coefficient (Wildman–Crippen LogP) is 3.83. The highest BCUT2D eigenvalue weighted by atomic mass is 32.2. The number of anilines is 1. The summed E-state index contributed by atoms with van der Waals surface area (Å²) in [6.45, 7) is 7.55. The van der Waals surface area contributed by atoms with Crippen molar-refractivity contribution in [1.29, 1.82) is 0 Å². The molecule has 7 nitrogen and oxygen atoms in total. The molecule has 0 saturated heterocycles. The molecule has 3 rings (SSSR count). The quantitative estimate of drug-likeness (QED) is 0.416. The monoisotopic (exact) mass is 419 g/mol. The molecule has 0 radical (unpaired) electrons. The first kappa shape index (κ1) is 20.8. The summed E-state index contributed by atoms with van der Waals surface area (Å²) in [4.78, 5) is 14.3. The van der Waals surface area contributed by atoms with Crippen molar-refractivity contribution >= 4 is 38.1 Å². The average molecular weight is 419 g/mol. The van der Waals surface area contributed by atoms with Crippen LogP contribution in [0.4, 0.5) is 5.95 Å². The van der Waals surface area contributed by atoms with E-state index in [4.69, 9.17) is 15.2 Å². The van der Waals surface area contributed by atoms with Gasteiger partial charge in [-0.2, -0.15) is 4.98 Å². The van der Waals surface area contributed by atoms with Gasteiger partial charge in [0.15, 0.2) is 5.65 Å². The number of nitrogens with two attached hydrogens (primary N) is 1. The third-order valence-corrected chi connectivity index (χ3v) is 5.14. The summed E-state index contributed by atoms with van der Waals surface area (Å²) < 4.78 is 13.5. The van der Waals surface area contributed by atoms with Gasteiger partial charge in [0.1, 0.15) is 16.3 Å². The van der Waals surface area contributed by atoms with Crippen molar-refractivity contribution in [2.75, 3.05) is 18.7 Å². The maximum atomic E-state index is 5.99. The predicted molar refractivity (Wildman–Crippen MR) is 116 cm³/mol. The number of hydrogen-bond acceptors (Lipinski definition) is 7. The fourth-order valence-electron chi connectivity index (χ4n) is 2.65. The van der Waals surface area contributed by atoms with Gasteiger partial charge in [-0.15, -0.1) is 9.24 Å². The van der Waals surface area contributed by atoms with E-state index >= 15 is 0 Å². The number of imidazole rings is 1.